The molecule has 0 spiro atoms. The Kier molecular flexibility index (Phi) is 6.47. The van der Waals surface area contributed by atoms with E-state index >= 15 is 0 Å². The number of methoxy groups -OCH3 is 1. The molecule has 1 amide bonds. The van der Waals surface area contributed by atoms with Gasteiger partial charge in [-0.25, -0.2) is 4.98 Å². The molecule has 0 atom stereocenters. The number of rotatable bonds is 7. The summed E-state index contributed by atoms with van der Waals surface area (Å²) in [6, 6.07) is 0. The van der Waals surface area contributed by atoms with Crippen molar-refractivity contribution in [2.45, 2.75) is 19.2 Å². The second-order valence-corrected chi connectivity index (χ2v) is 4.72. The third-order valence-corrected chi connectivity index (χ3v) is 3.51. The number of likely N-dealkylation sites (N-methyl/N-ethyl adjacent to an activating group) is 1. The van der Waals surface area contributed by atoms with Gasteiger partial charge in [-0.05, 0) is 6.92 Å². The van der Waals surface area contributed by atoms with Crippen LogP contribution in [0.1, 0.15) is 17.6 Å². The van der Waals surface area contributed by atoms with Crippen molar-refractivity contribution in [2.75, 3.05) is 26.8 Å². The summed E-state index contributed by atoms with van der Waals surface area (Å²) in [6.45, 7) is 3.83. The molecule has 0 unspecified atom stereocenters. The van der Waals surface area contributed by atoms with Crippen molar-refractivity contribution >= 4 is 28.8 Å². The van der Waals surface area contributed by atoms with Crippen LogP contribution in [0.3, 0.4) is 0 Å². The van der Waals surface area contributed by atoms with Crippen LogP contribution in [0.15, 0.2) is 5.38 Å². The lowest BCUT2D eigenvalue weighted by Gasteiger charge is -2.19. The van der Waals surface area contributed by atoms with Crippen molar-refractivity contribution < 1.29 is 9.53 Å². The molecule has 0 aliphatic heterocycles. The Labute approximate surface area is 111 Å². The number of ether oxygens (including phenoxy) is 1. The predicted octanol–water partition coefficient (Wildman–Crippen LogP) is 1.92. The van der Waals surface area contributed by atoms with Gasteiger partial charge < -0.3 is 9.64 Å². The molecule has 0 aromatic carbocycles. The molecule has 4 nitrogen and oxygen atoms in total. The van der Waals surface area contributed by atoms with Crippen molar-refractivity contribution in [1.82, 2.24) is 9.88 Å². The van der Waals surface area contributed by atoms with Crippen molar-refractivity contribution in [3.63, 3.8) is 0 Å². The van der Waals surface area contributed by atoms with Gasteiger partial charge in [-0.2, -0.15) is 0 Å². The van der Waals surface area contributed by atoms with Crippen LogP contribution in [0.25, 0.3) is 0 Å². The topological polar surface area (TPSA) is 42.4 Å². The van der Waals surface area contributed by atoms with Gasteiger partial charge in [0.25, 0.3) is 0 Å². The molecule has 0 saturated carbocycles. The summed E-state index contributed by atoms with van der Waals surface area (Å²) >= 11 is 7.15. The van der Waals surface area contributed by atoms with Crippen molar-refractivity contribution in [2.24, 2.45) is 0 Å². The Morgan fingerprint density at radius 3 is 2.94 bits per heavy atom. The lowest BCUT2D eigenvalue weighted by atomic mass is 10.3. The quantitative estimate of drug-likeness (QED) is 0.715. The number of aromatic nitrogens is 1. The minimum atomic E-state index is 0.0834. The molecule has 1 rings (SSSR count). The fraction of sp³-hybridized carbons (Fsp3) is 0.636. The standard InChI is InChI=1S/C11H17ClN2O2S/c1-3-14(4-5-16-2)11(15)6-10-13-9(7-12)8-17-10/h8H,3-7H2,1-2H3. The summed E-state index contributed by atoms with van der Waals surface area (Å²) in [5.74, 6) is 0.478. The first kappa shape index (κ1) is 14.4. The Morgan fingerprint density at radius 1 is 1.65 bits per heavy atom. The van der Waals surface area contributed by atoms with Gasteiger partial charge in [0.2, 0.25) is 5.91 Å². The Balaban J connectivity index is 2.51. The molecular formula is C11H17ClN2O2S. The number of hydrogen-bond donors (Lipinski definition) is 0. The Bertz CT molecular complexity index is 357. The molecule has 0 N–H and O–H groups in total. The number of carbonyl (C=O) groups is 1. The summed E-state index contributed by atoms with van der Waals surface area (Å²) in [5, 5.41) is 2.71. The first-order valence-electron chi connectivity index (χ1n) is 5.47. The lowest BCUT2D eigenvalue weighted by Crippen LogP contribution is -2.34. The maximum Gasteiger partial charge on any atom is 0.229 e. The largest absolute Gasteiger partial charge is 0.383 e. The molecule has 96 valence electrons. The van der Waals surface area contributed by atoms with Crippen molar-refractivity contribution in [3.8, 4) is 0 Å². The van der Waals surface area contributed by atoms with Crippen LogP contribution < -0.4 is 0 Å². The lowest BCUT2D eigenvalue weighted by molar-refractivity contribution is -0.130. The molecule has 0 bridgehead atoms. The van der Waals surface area contributed by atoms with E-state index in [0.717, 1.165) is 10.7 Å². The number of amides is 1. The van der Waals surface area contributed by atoms with Crippen LogP contribution in [0.5, 0.6) is 0 Å². The highest BCUT2D eigenvalue weighted by molar-refractivity contribution is 7.09. The van der Waals surface area contributed by atoms with Gasteiger partial charge in [0.1, 0.15) is 5.01 Å². The van der Waals surface area contributed by atoms with E-state index in [0.29, 0.717) is 32.0 Å². The number of halogens is 1. The molecule has 0 saturated heterocycles. The summed E-state index contributed by atoms with van der Waals surface area (Å²) in [6.07, 6.45) is 0.346. The van der Waals surface area contributed by atoms with Crippen molar-refractivity contribution in [1.29, 1.82) is 0 Å². The van der Waals surface area contributed by atoms with Crippen LogP contribution in [-0.4, -0.2) is 42.6 Å². The van der Waals surface area contributed by atoms with E-state index < -0.39 is 0 Å². The summed E-state index contributed by atoms with van der Waals surface area (Å²) in [5.41, 5.74) is 0.833. The summed E-state index contributed by atoms with van der Waals surface area (Å²) < 4.78 is 4.97. The van der Waals surface area contributed by atoms with Gasteiger partial charge in [0.05, 0.1) is 24.6 Å². The number of hydrogen-bond acceptors (Lipinski definition) is 4. The van der Waals surface area contributed by atoms with Crippen LogP contribution in [0.2, 0.25) is 0 Å². The van der Waals surface area contributed by atoms with Gasteiger partial charge in [-0.1, -0.05) is 0 Å². The molecule has 1 aromatic heterocycles. The molecule has 1 heterocycles. The van der Waals surface area contributed by atoms with Gasteiger partial charge in [0, 0.05) is 25.6 Å². The number of nitrogens with zero attached hydrogens (tertiary/aromatic N) is 2. The summed E-state index contributed by atoms with van der Waals surface area (Å²) in [4.78, 5) is 18.0. The molecule has 17 heavy (non-hydrogen) atoms. The van der Waals surface area contributed by atoms with E-state index in [1.165, 1.54) is 11.3 Å². The minimum absolute atomic E-state index is 0.0834. The minimum Gasteiger partial charge on any atom is -0.383 e. The number of carbonyl (C=O) groups excluding carboxylic acids is 1. The molecule has 1 aromatic rings. The fourth-order valence-electron chi connectivity index (χ4n) is 1.39. The maximum atomic E-state index is 12.0. The second-order valence-electron chi connectivity index (χ2n) is 3.51. The second kappa shape index (κ2) is 7.63. The number of alkyl halides is 1. The molecule has 0 aliphatic carbocycles. The monoisotopic (exact) mass is 276 g/mol. The van der Waals surface area contributed by atoms with Gasteiger partial charge >= 0.3 is 0 Å². The smallest absolute Gasteiger partial charge is 0.229 e. The van der Waals surface area contributed by atoms with Crippen molar-refractivity contribution in [3.05, 3.63) is 16.1 Å². The zero-order valence-corrected chi connectivity index (χ0v) is 11.7. The van der Waals surface area contributed by atoms with Gasteiger partial charge in [-0.15, -0.1) is 22.9 Å². The van der Waals surface area contributed by atoms with Gasteiger partial charge in [-0.3, -0.25) is 4.79 Å². The zero-order chi connectivity index (χ0) is 12.7. The molecular weight excluding hydrogens is 260 g/mol. The first-order valence-corrected chi connectivity index (χ1v) is 6.88. The molecule has 0 aliphatic rings. The van der Waals surface area contributed by atoms with Crippen LogP contribution in [0.4, 0.5) is 0 Å². The van der Waals surface area contributed by atoms with Crippen LogP contribution >= 0.6 is 22.9 Å². The third-order valence-electron chi connectivity index (χ3n) is 2.34. The van der Waals surface area contributed by atoms with Crippen LogP contribution in [0, 0.1) is 0 Å². The zero-order valence-electron chi connectivity index (χ0n) is 10.1. The predicted molar refractivity (Wildman–Crippen MR) is 69.5 cm³/mol. The van der Waals surface area contributed by atoms with Gasteiger partial charge in [0.15, 0.2) is 0 Å². The molecule has 0 fully saturated rings. The van der Waals surface area contributed by atoms with E-state index in [2.05, 4.69) is 4.98 Å². The number of thiazole rings is 1. The highest BCUT2D eigenvalue weighted by Crippen LogP contribution is 2.13. The average molecular weight is 277 g/mol. The molecule has 6 heteroatoms. The van der Waals surface area contributed by atoms with E-state index in [9.17, 15) is 4.79 Å². The third kappa shape index (κ3) is 4.61. The van der Waals surface area contributed by atoms with E-state index in [1.807, 2.05) is 12.3 Å². The highest BCUT2D eigenvalue weighted by atomic mass is 35.5. The van der Waals surface area contributed by atoms with E-state index in [1.54, 1.807) is 12.0 Å². The van der Waals surface area contributed by atoms with E-state index in [4.69, 9.17) is 16.3 Å². The highest BCUT2D eigenvalue weighted by Gasteiger charge is 2.14. The Hall–Kier alpha value is -0.650. The van der Waals surface area contributed by atoms with Crippen LogP contribution in [-0.2, 0) is 21.8 Å². The maximum absolute atomic E-state index is 12.0. The van der Waals surface area contributed by atoms with E-state index in [-0.39, 0.29) is 5.91 Å². The average Bonchev–Trinajstić information content (AvgIpc) is 2.77. The summed E-state index contributed by atoms with van der Waals surface area (Å²) in [7, 11) is 1.63. The first-order chi connectivity index (χ1) is 8.21. The SMILES string of the molecule is CCN(CCOC)C(=O)Cc1nc(CCl)cs1. The fourth-order valence-corrected chi connectivity index (χ4v) is 2.41. The normalized spacial score (nSPS) is 10.5. The molecule has 0 radical (unpaired) electrons. The Morgan fingerprint density at radius 2 is 2.41 bits per heavy atom.